The number of phenols is 1. The number of nitrogens with one attached hydrogen (secondary N) is 2. The lowest BCUT2D eigenvalue weighted by molar-refractivity contribution is -0.132. The Hall–Kier alpha value is -4.45. The molecule has 0 aliphatic heterocycles. The molecule has 0 bridgehead atoms. The highest BCUT2D eigenvalue weighted by atomic mass is 79.9. The number of methoxy groups -OCH3 is 2. The van der Waals surface area contributed by atoms with Crippen molar-refractivity contribution in [2.24, 2.45) is 0 Å². The van der Waals surface area contributed by atoms with E-state index in [-0.39, 0.29) is 45.3 Å². The first-order chi connectivity index (χ1) is 17.2. The van der Waals surface area contributed by atoms with Gasteiger partial charge in [-0.1, -0.05) is 12.1 Å². The zero-order valence-corrected chi connectivity index (χ0v) is 20.7. The lowest BCUT2D eigenvalue weighted by atomic mass is 10.1. The molecule has 36 heavy (non-hydrogen) atoms. The number of hydrogen-bond donors (Lipinski definition) is 4. The van der Waals surface area contributed by atoms with Gasteiger partial charge in [0.1, 0.15) is 11.4 Å². The second kappa shape index (κ2) is 11.8. The minimum atomic E-state index is -1.40. The second-order valence-electron chi connectivity index (χ2n) is 7.19. The van der Waals surface area contributed by atoms with Gasteiger partial charge in [0.15, 0.2) is 0 Å². The normalized spacial score (nSPS) is 10.9. The van der Waals surface area contributed by atoms with Crippen LogP contribution < -0.4 is 20.1 Å². The first-order valence-corrected chi connectivity index (χ1v) is 11.1. The van der Waals surface area contributed by atoms with E-state index in [9.17, 15) is 24.6 Å². The van der Waals surface area contributed by atoms with E-state index in [0.717, 1.165) is 6.08 Å². The number of rotatable bonds is 9. The van der Waals surface area contributed by atoms with Crippen LogP contribution in [0.5, 0.6) is 17.6 Å². The van der Waals surface area contributed by atoms with Gasteiger partial charge in [-0.2, -0.15) is 4.98 Å². The number of carboxylic acid groups (broad SMARTS) is 1. The van der Waals surface area contributed by atoms with E-state index in [4.69, 9.17) is 9.47 Å². The quantitative estimate of drug-likeness (QED) is 0.290. The van der Waals surface area contributed by atoms with Crippen molar-refractivity contribution in [2.75, 3.05) is 14.2 Å². The number of phenolic OH excluding ortho intramolecular Hbond substituents is 1. The summed E-state index contributed by atoms with van der Waals surface area (Å²) in [5, 5.41) is 24.2. The highest BCUT2D eigenvalue weighted by Gasteiger charge is 2.19. The summed E-state index contributed by atoms with van der Waals surface area (Å²) in [7, 11) is 2.71. The molecule has 0 saturated heterocycles. The fraction of sp³-hybridized carbons (Fsp3) is 0.125. The molecule has 2 aromatic carbocycles. The number of aliphatic carboxylic acids is 1. The molecule has 0 spiro atoms. The third kappa shape index (κ3) is 6.57. The number of carbonyl (C=O) groups excluding carboxylic acids is 2. The minimum Gasteiger partial charge on any atom is -0.508 e. The second-order valence-corrected chi connectivity index (χ2v) is 8.04. The van der Waals surface area contributed by atoms with Crippen molar-refractivity contribution in [3.8, 4) is 17.6 Å². The van der Waals surface area contributed by atoms with E-state index in [1.807, 2.05) is 0 Å². The van der Waals surface area contributed by atoms with Crippen LogP contribution in [0.4, 0.5) is 0 Å². The Morgan fingerprint density at radius 2 is 1.86 bits per heavy atom. The van der Waals surface area contributed by atoms with Gasteiger partial charge in [-0.05, 0) is 57.9 Å². The Labute approximate surface area is 213 Å². The molecule has 1 heterocycles. The molecular weight excluding hydrogens is 536 g/mol. The zero-order chi connectivity index (χ0) is 26.2. The Bertz CT molecular complexity index is 1340. The summed E-state index contributed by atoms with van der Waals surface area (Å²) in [4.78, 5) is 44.9. The van der Waals surface area contributed by atoms with Crippen LogP contribution >= 0.6 is 15.9 Å². The monoisotopic (exact) mass is 556 g/mol. The lowest BCUT2D eigenvalue weighted by Gasteiger charge is -2.11. The Morgan fingerprint density at radius 3 is 2.50 bits per heavy atom. The van der Waals surface area contributed by atoms with Crippen LogP contribution in [0.3, 0.4) is 0 Å². The summed E-state index contributed by atoms with van der Waals surface area (Å²) in [5.74, 6) is -2.38. The average molecular weight is 557 g/mol. The third-order valence-electron chi connectivity index (χ3n) is 4.75. The van der Waals surface area contributed by atoms with E-state index in [2.05, 4.69) is 36.5 Å². The predicted octanol–water partition coefficient (Wildman–Crippen LogP) is 2.75. The lowest BCUT2D eigenvalue weighted by Crippen LogP contribution is -2.28. The highest BCUT2D eigenvalue weighted by Crippen LogP contribution is 2.22. The van der Waals surface area contributed by atoms with Crippen LogP contribution in [0.15, 0.2) is 58.8 Å². The van der Waals surface area contributed by atoms with E-state index in [1.54, 1.807) is 12.1 Å². The van der Waals surface area contributed by atoms with Gasteiger partial charge in [-0.3, -0.25) is 9.59 Å². The van der Waals surface area contributed by atoms with E-state index >= 15 is 0 Å². The molecule has 186 valence electrons. The molecule has 0 unspecified atom stereocenters. The number of nitrogens with zero attached hydrogens (tertiary/aromatic N) is 2. The Morgan fingerprint density at radius 1 is 1.08 bits per heavy atom. The molecular formula is C24H21BrN4O7. The van der Waals surface area contributed by atoms with Crippen molar-refractivity contribution in [3.05, 3.63) is 81.1 Å². The van der Waals surface area contributed by atoms with Crippen LogP contribution in [-0.2, 0) is 11.3 Å². The predicted molar refractivity (Wildman–Crippen MR) is 132 cm³/mol. The number of hydrogen-bond acceptors (Lipinski definition) is 8. The molecule has 11 nitrogen and oxygen atoms in total. The van der Waals surface area contributed by atoms with Gasteiger partial charge >= 0.3 is 12.0 Å². The standard InChI is InChI=1S/C24H21BrN4O7/c1-35-22-15(12-27-24(29-22)36-2)10-19(23(33)34)28-21(32)17-7-6-14(9-18(17)25)20(31)26-11-13-4-3-5-16(30)8-13/h3-10,12,30H,11H2,1-2H3,(H,26,31)(H,28,32)(H,33,34)/b19-10+. The smallest absolute Gasteiger partial charge is 0.352 e. The molecule has 0 fully saturated rings. The molecule has 0 aliphatic rings. The van der Waals surface area contributed by atoms with Crippen molar-refractivity contribution in [2.45, 2.75) is 6.54 Å². The van der Waals surface area contributed by atoms with Crippen LogP contribution in [0.25, 0.3) is 6.08 Å². The molecule has 0 aliphatic carbocycles. The minimum absolute atomic E-state index is 0.0277. The number of ether oxygens (including phenoxy) is 2. The maximum Gasteiger partial charge on any atom is 0.352 e. The fourth-order valence-electron chi connectivity index (χ4n) is 3.01. The molecule has 3 rings (SSSR count). The number of carbonyl (C=O) groups is 3. The number of amides is 2. The van der Waals surface area contributed by atoms with E-state index in [1.165, 1.54) is 50.7 Å². The van der Waals surface area contributed by atoms with E-state index < -0.39 is 23.5 Å². The number of carboxylic acids is 1. The molecule has 2 amide bonds. The van der Waals surface area contributed by atoms with Gasteiger partial charge in [0.25, 0.3) is 11.8 Å². The first kappa shape index (κ1) is 26.2. The molecule has 0 saturated carbocycles. The van der Waals surface area contributed by atoms with Gasteiger partial charge in [0.2, 0.25) is 5.88 Å². The molecule has 1 aromatic heterocycles. The van der Waals surface area contributed by atoms with Crippen molar-refractivity contribution in [3.63, 3.8) is 0 Å². The number of benzene rings is 2. The van der Waals surface area contributed by atoms with Crippen molar-refractivity contribution in [1.29, 1.82) is 0 Å². The molecule has 0 atom stereocenters. The van der Waals surface area contributed by atoms with Crippen molar-refractivity contribution >= 4 is 39.8 Å². The van der Waals surface area contributed by atoms with Gasteiger partial charge < -0.3 is 30.3 Å². The van der Waals surface area contributed by atoms with Gasteiger partial charge in [0, 0.05) is 22.8 Å². The average Bonchev–Trinajstić information content (AvgIpc) is 2.86. The molecule has 12 heteroatoms. The Balaban J connectivity index is 1.75. The summed E-state index contributed by atoms with van der Waals surface area (Å²) in [6.07, 6.45) is 2.44. The van der Waals surface area contributed by atoms with Gasteiger partial charge in [-0.15, -0.1) is 0 Å². The SMILES string of the molecule is COc1ncc(/C=C(/NC(=O)c2ccc(C(=O)NCc3cccc(O)c3)cc2Br)C(=O)O)c(OC)n1. The van der Waals surface area contributed by atoms with Crippen LogP contribution in [0, 0.1) is 0 Å². The molecule has 0 radical (unpaired) electrons. The summed E-state index contributed by atoms with van der Waals surface area (Å²) in [6, 6.07) is 10.8. The zero-order valence-electron chi connectivity index (χ0n) is 19.1. The molecule has 3 aromatic rings. The maximum absolute atomic E-state index is 12.8. The van der Waals surface area contributed by atoms with Crippen LogP contribution in [-0.4, -0.2) is 52.2 Å². The Kier molecular flexibility index (Phi) is 8.57. The topological polar surface area (TPSA) is 160 Å². The molecule has 4 N–H and O–H groups in total. The van der Waals surface area contributed by atoms with Crippen LogP contribution in [0.2, 0.25) is 0 Å². The number of aromatic hydroxyl groups is 1. The summed E-state index contributed by atoms with van der Waals surface area (Å²) in [6.45, 7) is 0.193. The summed E-state index contributed by atoms with van der Waals surface area (Å²) >= 11 is 3.26. The number of halogens is 1. The summed E-state index contributed by atoms with van der Waals surface area (Å²) in [5.41, 5.74) is 0.836. The fourth-order valence-corrected chi connectivity index (χ4v) is 3.57. The van der Waals surface area contributed by atoms with E-state index in [0.29, 0.717) is 5.56 Å². The van der Waals surface area contributed by atoms with Gasteiger partial charge in [0.05, 0.1) is 25.3 Å². The van der Waals surface area contributed by atoms with Crippen molar-refractivity contribution < 1.29 is 34.1 Å². The number of aromatic nitrogens is 2. The largest absolute Gasteiger partial charge is 0.508 e. The summed E-state index contributed by atoms with van der Waals surface area (Å²) < 4.78 is 10.3. The maximum atomic E-state index is 12.8. The van der Waals surface area contributed by atoms with Crippen molar-refractivity contribution in [1.82, 2.24) is 20.6 Å². The van der Waals surface area contributed by atoms with Crippen LogP contribution in [0.1, 0.15) is 31.8 Å². The third-order valence-corrected chi connectivity index (χ3v) is 5.41. The van der Waals surface area contributed by atoms with Gasteiger partial charge in [-0.25, -0.2) is 9.78 Å². The first-order valence-electron chi connectivity index (χ1n) is 10.3. The highest BCUT2D eigenvalue weighted by molar-refractivity contribution is 9.10.